The maximum atomic E-state index is 8.36. The van der Waals surface area contributed by atoms with E-state index in [9.17, 15) is 0 Å². The molecule has 0 fully saturated rings. The predicted octanol–water partition coefficient (Wildman–Crippen LogP) is -1.68. The quantitative estimate of drug-likeness (QED) is 0.193. The van der Waals surface area contributed by atoms with E-state index in [4.69, 9.17) is 25.7 Å². The maximum Gasteiger partial charge on any atom is 0.291 e. The van der Waals surface area contributed by atoms with E-state index < -0.39 is 5.09 Å². The van der Waals surface area contributed by atoms with Crippen LogP contribution < -0.4 is 11.8 Å². The van der Waals surface area contributed by atoms with Gasteiger partial charge >= 0.3 is 0 Å². The molecule has 0 aromatic rings. The van der Waals surface area contributed by atoms with Crippen LogP contribution in [0.1, 0.15) is 0 Å². The minimum absolute atomic E-state index is 1.50. The number of hydrogen-bond acceptors (Lipinski definition) is 6. The first-order chi connectivity index (χ1) is 3.73. The molecule has 0 aromatic heterocycles. The van der Waals surface area contributed by atoms with Crippen LogP contribution in [0.15, 0.2) is 0 Å². The second-order valence-electron chi connectivity index (χ2n) is 0.238. The van der Waals surface area contributed by atoms with Gasteiger partial charge in [-0.2, -0.15) is 0 Å². The Bertz CT molecular complexity index is 30.7. The molecule has 0 radical (unpaired) electrons. The third-order valence-corrected chi connectivity index (χ3v) is 0. The molecule has 8 nitrogen and oxygen atoms in total. The first-order valence-electron chi connectivity index (χ1n) is 1.08. The van der Waals surface area contributed by atoms with Crippen LogP contribution in [-0.4, -0.2) is 20.7 Å². The van der Waals surface area contributed by atoms with Gasteiger partial charge in [-0.3, -0.25) is 0 Å². The fourth-order valence-corrected chi connectivity index (χ4v) is 0. The zero-order valence-corrected chi connectivity index (χ0v) is 3.76. The molecule has 0 saturated carbocycles. The highest BCUT2D eigenvalue weighted by Crippen LogP contribution is 1.38. The molecule has 0 rings (SSSR count). The Balaban J connectivity index is -0.0000000542. The molecule has 0 aliphatic heterocycles. The number of hydrogen-bond donors (Lipinski definition) is 5. The van der Waals surface area contributed by atoms with Gasteiger partial charge in [-0.25, -0.2) is 11.8 Å². The van der Waals surface area contributed by atoms with Crippen molar-refractivity contribution in [1.82, 2.24) is 0 Å². The van der Waals surface area contributed by atoms with Gasteiger partial charge in [-0.05, 0) is 0 Å². The Kier molecular flexibility index (Phi) is 72.5. The van der Waals surface area contributed by atoms with Gasteiger partial charge in [0.1, 0.15) is 0 Å². The maximum absolute atomic E-state index is 8.36. The molecule has 8 heteroatoms. The molecule has 0 unspecified atom stereocenters. The summed E-state index contributed by atoms with van der Waals surface area (Å²) in [6.07, 6.45) is 0. The third-order valence-electron chi connectivity index (χ3n) is 0. The van der Waals surface area contributed by atoms with E-state index in [0.717, 1.165) is 0 Å². The van der Waals surface area contributed by atoms with E-state index in [1.165, 1.54) is 0 Å². The lowest BCUT2D eigenvalue weighted by Crippen LogP contribution is -1.81. The third kappa shape index (κ3) is 89.3. The molecule has 0 saturated heterocycles. The van der Waals surface area contributed by atoms with Gasteiger partial charge in [-0.1, -0.05) is 0 Å². The topological polar surface area (TPSA) is 156 Å². The molecule has 0 heterocycles. The largest absolute Gasteiger partial charge is 0.328 e. The van der Waals surface area contributed by atoms with Crippen LogP contribution in [0.4, 0.5) is 0 Å². The lowest BCUT2D eigenvalue weighted by Gasteiger charge is -1.56. The van der Waals surface area contributed by atoms with Crippen LogP contribution in [0.25, 0.3) is 0 Å². The van der Waals surface area contributed by atoms with Crippen molar-refractivity contribution in [3.8, 4) is 0 Å². The van der Waals surface area contributed by atoms with Gasteiger partial charge < -0.3 is 15.6 Å². The van der Waals surface area contributed by atoms with Gasteiger partial charge in [0.2, 0.25) is 0 Å². The summed E-state index contributed by atoms with van der Waals surface area (Å²) in [4.78, 5) is 8.36. The monoisotopic (exact) mass is 129 g/mol. The molecule has 0 aliphatic carbocycles. The summed E-state index contributed by atoms with van der Waals surface area (Å²) in [5.41, 5.74) is 0. The molecular formula is H7N3O5. The Morgan fingerprint density at radius 2 is 1.25 bits per heavy atom. The highest BCUT2D eigenvalue weighted by molar-refractivity contribution is 3.83. The number of rotatable bonds is 0. The van der Waals surface area contributed by atoms with Crippen LogP contribution in [0.2, 0.25) is 0 Å². The first kappa shape index (κ1) is 15.7. The first-order valence-corrected chi connectivity index (χ1v) is 1.08. The lowest BCUT2D eigenvalue weighted by atomic mass is 13.1. The molecular weight excluding hydrogens is 122 g/mol. The van der Waals surface area contributed by atoms with Crippen molar-refractivity contribution >= 4 is 0 Å². The van der Waals surface area contributed by atoms with Gasteiger partial charge in [0.15, 0.2) is 0 Å². The van der Waals surface area contributed by atoms with Crippen molar-refractivity contribution < 1.29 is 20.7 Å². The van der Waals surface area contributed by atoms with Crippen molar-refractivity contribution in [2.75, 3.05) is 0 Å². The second-order valence-corrected chi connectivity index (χ2v) is 0.238. The second kappa shape index (κ2) is 36.9. The average molecular weight is 129 g/mol. The van der Waals surface area contributed by atoms with Crippen molar-refractivity contribution in [1.29, 1.82) is 0 Å². The van der Waals surface area contributed by atoms with Gasteiger partial charge in [0.25, 0.3) is 5.09 Å². The van der Waals surface area contributed by atoms with Crippen LogP contribution in [0.5, 0.6) is 0 Å². The molecule has 0 aromatic carbocycles. The fraction of sp³-hybridized carbons (Fsp3) is 0. The molecule has 52 valence electrons. The van der Waals surface area contributed by atoms with Crippen molar-refractivity contribution in [2.24, 2.45) is 11.8 Å². The standard InChI is InChI=1S/HNO3.2H3NO/c2-1(3)4;2*1-2/h(H,2,3,4);2*2H,1H2. The molecule has 0 spiro atoms. The zero-order valence-electron chi connectivity index (χ0n) is 3.76. The summed E-state index contributed by atoms with van der Waals surface area (Å²) in [6, 6.07) is 0. The van der Waals surface area contributed by atoms with Crippen molar-refractivity contribution in [3.05, 3.63) is 10.1 Å². The van der Waals surface area contributed by atoms with Crippen LogP contribution in [0.3, 0.4) is 0 Å². The molecule has 0 amide bonds. The Morgan fingerprint density at radius 3 is 1.25 bits per heavy atom. The molecule has 8 heavy (non-hydrogen) atoms. The summed E-state index contributed by atoms with van der Waals surface area (Å²) in [5, 5.41) is 26.6. The smallest absolute Gasteiger partial charge is 0.291 e. The van der Waals surface area contributed by atoms with Crippen molar-refractivity contribution in [2.45, 2.75) is 0 Å². The van der Waals surface area contributed by atoms with Crippen LogP contribution in [-0.2, 0) is 0 Å². The SMILES string of the molecule is NO.NO.O=[N+]([O-])O. The van der Waals surface area contributed by atoms with Crippen molar-refractivity contribution in [3.63, 3.8) is 0 Å². The highest BCUT2D eigenvalue weighted by Gasteiger charge is 1.65. The summed E-state index contributed by atoms with van der Waals surface area (Å²) in [7, 11) is 0. The number of nitrogens with two attached hydrogens (primary N) is 2. The van der Waals surface area contributed by atoms with E-state index in [1.54, 1.807) is 0 Å². The van der Waals surface area contributed by atoms with E-state index in [-0.39, 0.29) is 0 Å². The Morgan fingerprint density at radius 1 is 1.25 bits per heavy atom. The summed E-state index contributed by atoms with van der Waals surface area (Å²) < 4.78 is 0. The van der Waals surface area contributed by atoms with Crippen LogP contribution in [0, 0.1) is 10.1 Å². The minimum Gasteiger partial charge on any atom is -0.328 e. The lowest BCUT2D eigenvalue weighted by molar-refractivity contribution is -0.742. The highest BCUT2D eigenvalue weighted by atomic mass is 16.9. The summed E-state index contributed by atoms with van der Waals surface area (Å²) in [6.45, 7) is 0. The predicted molar refractivity (Wildman–Crippen MR) is 20.7 cm³/mol. The van der Waals surface area contributed by atoms with E-state index in [2.05, 4.69) is 11.8 Å². The van der Waals surface area contributed by atoms with Gasteiger partial charge in [0, 0.05) is 0 Å². The summed E-state index contributed by atoms with van der Waals surface area (Å²) >= 11 is 0. The number of nitrogens with zero attached hydrogens (tertiary/aromatic N) is 1. The van der Waals surface area contributed by atoms with Gasteiger partial charge in [-0.15, -0.1) is 10.1 Å². The molecule has 0 atom stereocenters. The summed E-state index contributed by atoms with van der Waals surface area (Å²) in [5.74, 6) is 7.00. The zero-order chi connectivity index (χ0) is 7.58. The molecule has 0 bridgehead atoms. The normalized spacial score (nSPS) is 4.50. The average Bonchev–Trinajstić information content (AvgIpc) is 1.75. The van der Waals surface area contributed by atoms with E-state index >= 15 is 0 Å². The van der Waals surface area contributed by atoms with E-state index in [0.29, 0.717) is 0 Å². The Hall–Kier alpha value is -0.960. The van der Waals surface area contributed by atoms with Crippen LogP contribution >= 0.6 is 0 Å². The fourth-order valence-electron chi connectivity index (χ4n) is 0. The van der Waals surface area contributed by atoms with Gasteiger partial charge in [0.05, 0.1) is 0 Å². The van der Waals surface area contributed by atoms with E-state index in [1.807, 2.05) is 0 Å². The molecule has 0 aliphatic rings. The minimum atomic E-state index is -1.50. The Labute approximate surface area is 44.0 Å². The molecule has 7 N–H and O–H groups in total.